The quantitative estimate of drug-likeness (QED) is 0.675. The minimum absolute atomic E-state index is 0.321. The average Bonchev–Trinajstić information content (AvgIpc) is 2.26. The molecule has 1 rings (SSSR count). The van der Waals surface area contributed by atoms with E-state index in [1.165, 1.54) is 0 Å². The van der Waals surface area contributed by atoms with Gasteiger partial charge in [-0.05, 0) is 20.3 Å². The van der Waals surface area contributed by atoms with E-state index in [-0.39, 0.29) is 6.10 Å². The lowest BCUT2D eigenvalue weighted by molar-refractivity contribution is 0.176. The summed E-state index contributed by atoms with van der Waals surface area (Å²) in [5, 5.41) is 15.8. The van der Waals surface area contributed by atoms with Gasteiger partial charge in [-0.2, -0.15) is 4.98 Å². The van der Waals surface area contributed by atoms with E-state index in [0.717, 1.165) is 30.9 Å². The summed E-state index contributed by atoms with van der Waals surface area (Å²) in [7, 11) is 0. The van der Waals surface area contributed by atoms with E-state index in [1.54, 1.807) is 0 Å². The molecule has 1 atom stereocenters. The van der Waals surface area contributed by atoms with E-state index >= 15 is 0 Å². The van der Waals surface area contributed by atoms with Crippen LogP contribution in [0.1, 0.15) is 32.4 Å². The van der Waals surface area contributed by atoms with Crippen molar-refractivity contribution in [1.82, 2.24) is 9.97 Å². The molecule has 0 aliphatic carbocycles. The van der Waals surface area contributed by atoms with Crippen molar-refractivity contribution < 1.29 is 5.11 Å². The molecule has 0 bridgehead atoms. The number of anilines is 2. The summed E-state index contributed by atoms with van der Waals surface area (Å²) in [6.45, 7) is 7.30. The van der Waals surface area contributed by atoms with Crippen LogP contribution in [0.15, 0.2) is 6.07 Å². The fourth-order valence-electron chi connectivity index (χ4n) is 1.55. The van der Waals surface area contributed by atoms with E-state index in [9.17, 15) is 5.11 Å². The first kappa shape index (κ1) is 13.7. The van der Waals surface area contributed by atoms with Crippen molar-refractivity contribution in [2.45, 2.75) is 39.7 Å². The van der Waals surface area contributed by atoms with E-state index in [2.05, 4.69) is 27.5 Å². The average molecular weight is 238 g/mol. The Kier molecular flexibility index (Phi) is 5.69. The van der Waals surface area contributed by atoms with Crippen LogP contribution in [0.25, 0.3) is 0 Å². The summed E-state index contributed by atoms with van der Waals surface area (Å²) in [5.41, 5.74) is 0.906. The van der Waals surface area contributed by atoms with Gasteiger partial charge in [0.15, 0.2) is 0 Å². The largest absolute Gasteiger partial charge is 0.391 e. The zero-order chi connectivity index (χ0) is 12.7. The molecular weight excluding hydrogens is 216 g/mol. The predicted octanol–water partition coefficient (Wildman–Crippen LogP) is 1.79. The van der Waals surface area contributed by atoms with Gasteiger partial charge in [-0.1, -0.05) is 13.3 Å². The molecule has 1 unspecified atom stereocenters. The molecule has 5 heteroatoms. The van der Waals surface area contributed by atoms with Crippen LogP contribution in [0.3, 0.4) is 0 Å². The van der Waals surface area contributed by atoms with Gasteiger partial charge in [0, 0.05) is 24.8 Å². The minimum atomic E-state index is -0.321. The summed E-state index contributed by atoms with van der Waals surface area (Å²) in [6.07, 6.45) is 1.46. The van der Waals surface area contributed by atoms with Crippen LogP contribution in [0.2, 0.25) is 0 Å². The second-order valence-corrected chi connectivity index (χ2v) is 4.07. The highest BCUT2D eigenvalue weighted by atomic mass is 16.3. The molecule has 3 N–H and O–H groups in total. The lowest BCUT2D eigenvalue weighted by Gasteiger charge is -2.12. The fraction of sp³-hybridized carbons (Fsp3) is 0.667. The highest BCUT2D eigenvalue weighted by Gasteiger charge is 2.04. The summed E-state index contributed by atoms with van der Waals surface area (Å²) < 4.78 is 0. The Balaban J connectivity index is 2.57. The number of aromatic nitrogens is 2. The van der Waals surface area contributed by atoms with Crippen molar-refractivity contribution in [3.05, 3.63) is 11.8 Å². The Bertz CT molecular complexity index is 343. The molecular formula is C12H22N4O. The molecule has 5 nitrogen and oxygen atoms in total. The number of nitrogens with one attached hydrogen (secondary N) is 2. The van der Waals surface area contributed by atoms with Crippen molar-refractivity contribution >= 4 is 11.8 Å². The molecule has 1 aromatic heterocycles. The lowest BCUT2D eigenvalue weighted by atomic mass is 10.2. The summed E-state index contributed by atoms with van der Waals surface area (Å²) >= 11 is 0. The SMILES string of the molecule is CCCC(O)CNc1cc(C)nc(NCC)n1. The first-order valence-corrected chi connectivity index (χ1v) is 6.17. The van der Waals surface area contributed by atoms with Gasteiger partial charge < -0.3 is 15.7 Å². The van der Waals surface area contributed by atoms with Gasteiger partial charge in [0.25, 0.3) is 0 Å². The molecule has 0 aromatic carbocycles. The van der Waals surface area contributed by atoms with Crippen LogP contribution in [0.4, 0.5) is 11.8 Å². The van der Waals surface area contributed by atoms with Gasteiger partial charge in [0.1, 0.15) is 5.82 Å². The highest BCUT2D eigenvalue weighted by molar-refractivity contribution is 5.42. The van der Waals surface area contributed by atoms with Crippen LogP contribution in [-0.4, -0.2) is 34.3 Å². The van der Waals surface area contributed by atoms with Crippen LogP contribution >= 0.6 is 0 Å². The number of aliphatic hydroxyl groups is 1. The number of nitrogens with zero attached hydrogens (tertiary/aromatic N) is 2. The predicted molar refractivity (Wildman–Crippen MR) is 70.3 cm³/mol. The second kappa shape index (κ2) is 7.06. The minimum Gasteiger partial charge on any atom is -0.391 e. The highest BCUT2D eigenvalue weighted by Crippen LogP contribution is 2.09. The van der Waals surface area contributed by atoms with Gasteiger partial charge in [-0.25, -0.2) is 4.98 Å². The molecule has 0 aliphatic rings. The maximum atomic E-state index is 9.63. The van der Waals surface area contributed by atoms with Crippen molar-refractivity contribution in [3.63, 3.8) is 0 Å². The first-order valence-electron chi connectivity index (χ1n) is 6.17. The van der Waals surface area contributed by atoms with Crippen LogP contribution < -0.4 is 10.6 Å². The Hall–Kier alpha value is -1.36. The molecule has 1 aromatic rings. The Labute approximate surface area is 103 Å². The summed E-state index contributed by atoms with van der Waals surface area (Å²) in [4.78, 5) is 8.57. The molecule has 0 fully saturated rings. The summed E-state index contributed by atoms with van der Waals surface area (Å²) in [5.74, 6) is 1.38. The molecule has 0 amide bonds. The molecule has 0 saturated heterocycles. The number of rotatable bonds is 7. The topological polar surface area (TPSA) is 70.1 Å². The van der Waals surface area contributed by atoms with Crippen LogP contribution in [-0.2, 0) is 0 Å². The lowest BCUT2D eigenvalue weighted by Crippen LogP contribution is -2.20. The molecule has 1 heterocycles. The van der Waals surface area contributed by atoms with E-state index in [0.29, 0.717) is 12.5 Å². The second-order valence-electron chi connectivity index (χ2n) is 4.07. The zero-order valence-corrected chi connectivity index (χ0v) is 10.8. The maximum absolute atomic E-state index is 9.63. The molecule has 96 valence electrons. The smallest absolute Gasteiger partial charge is 0.224 e. The van der Waals surface area contributed by atoms with Gasteiger partial charge >= 0.3 is 0 Å². The normalized spacial score (nSPS) is 12.2. The van der Waals surface area contributed by atoms with Crippen molar-refractivity contribution in [1.29, 1.82) is 0 Å². The van der Waals surface area contributed by atoms with Crippen LogP contribution in [0.5, 0.6) is 0 Å². The Morgan fingerprint density at radius 3 is 2.71 bits per heavy atom. The molecule has 0 radical (unpaired) electrons. The van der Waals surface area contributed by atoms with Crippen molar-refractivity contribution in [2.24, 2.45) is 0 Å². The summed E-state index contributed by atoms with van der Waals surface area (Å²) in [6, 6.07) is 1.87. The van der Waals surface area contributed by atoms with Gasteiger partial charge in [0.05, 0.1) is 6.10 Å². The van der Waals surface area contributed by atoms with Gasteiger partial charge in [-0.3, -0.25) is 0 Å². The number of hydrogen-bond acceptors (Lipinski definition) is 5. The number of aliphatic hydroxyl groups excluding tert-OH is 1. The van der Waals surface area contributed by atoms with Gasteiger partial charge in [0.2, 0.25) is 5.95 Å². The van der Waals surface area contributed by atoms with E-state index < -0.39 is 0 Å². The van der Waals surface area contributed by atoms with E-state index in [4.69, 9.17) is 0 Å². The zero-order valence-electron chi connectivity index (χ0n) is 10.8. The maximum Gasteiger partial charge on any atom is 0.224 e. The molecule has 0 spiro atoms. The van der Waals surface area contributed by atoms with E-state index in [1.807, 2.05) is 19.9 Å². The number of aryl methyl sites for hydroxylation is 1. The molecule has 0 aliphatic heterocycles. The van der Waals surface area contributed by atoms with Crippen molar-refractivity contribution in [3.8, 4) is 0 Å². The monoisotopic (exact) mass is 238 g/mol. The first-order chi connectivity index (χ1) is 8.15. The standard InChI is InChI=1S/C12H22N4O/c1-4-6-10(17)8-14-11-7-9(3)15-12(16-11)13-5-2/h7,10,17H,4-6,8H2,1-3H3,(H2,13,14,15,16). The molecule has 17 heavy (non-hydrogen) atoms. The Morgan fingerprint density at radius 1 is 1.29 bits per heavy atom. The fourth-order valence-corrected chi connectivity index (χ4v) is 1.55. The third-order valence-electron chi connectivity index (χ3n) is 2.33. The third-order valence-corrected chi connectivity index (χ3v) is 2.33. The Morgan fingerprint density at radius 2 is 2.06 bits per heavy atom. The number of hydrogen-bond donors (Lipinski definition) is 3. The van der Waals surface area contributed by atoms with Crippen molar-refractivity contribution in [2.75, 3.05) is 23.7 Å². The third kappa shape index (κ3) is 4.99. The molecule has 0 saturated carbocycles. The van der Waals surface area contributed by atoms with Gasteiger partial charge in [-0.15, -0.1) is 0 Å². The van der Waals surface area contributed by atoms with Crippen LogP contribution in [0, 0.1) is 6.92 Å².